The molecular formula is C28H28N4O3. The van der Waals surface area contributed by atoms with Gasteiger partial charge in [-0.15, -0.1) is 0 Å². The zero-order valence-electron chi connectivity index (χ0n) is 19.8. The fourth-order valence-electron chi connectivity index (χ4n) is 4.59. The first-order valence-corrected chi connectivity index (χ1v) is 11.9. The van der Waals surface area contributed by atoms with E-state index in [9.17, 15) is 9.59 Å². The number of benzene rings is 3. The minimum atomic E-state index is -0.444. The zero-order valence-corrected chi connectivity index (χ0v) is 19.8. The lowest BCUT2D eigenvalue weighted by Crippen LogP contribution is -2.48. The summed E-state index contributed by atoms with van der Waals surface area (Å²) in [6.45, 7) is 3.68. The maximum absolute atomic E-state index is 13.6. The van der Waals surface area contributed by atoms with Crippen LogP contribution in [-0.2, 0) is 17.7 Å². The van der Waals surface area contributed by atoms with Crippen molar-refractivity contribution in [3.05, 3.63) is 100 Å². The first-order valence-electron chi connectivity index (χ1n) is 11.9. The Morgan fingerprint density at radius 3 is 2.23 bits per heavy atom. The number of ether oxygens (including phenoxy) is 1. The quantitative estimate of drug-likeness (QED) is 0.402. The van der Waals surface area contributed by atoms with E-state index in [1.807, 2.05) is 36.4 Å². The first-order chi connectivity index (χ1) is 17.1. The minimum Gasteiger partial charge on any atom is -0.465 e. The van der Waals surface area contributed by atoms with Crippen molar-refractivity contribution < 1.29 is 9.53 Å². The number of piperazine rings is 1. The molecule has 0 bridgehead atoms. The lowest BCUT2D eigenvalue weighted by Gasteiger charge is -2.37. The number of fused-ring (bicyclic) bond motifs is 1. The van der Waals surface area contributed by atoms with E-state index < -0.39 is 5.97 Å². The number of aryl methyl sites for hydroxylation is 1. The summed E-state index contributed by atoms with van der Waals surface area (Å²) in [5.74, 6) is 0.202. The first kappa shape index (κ1) is 22.7. The summed E-state index contributed by atoms with van der Waals surface area (Å²) in [5.41, 5.74) is 3.16. The third-order valence-electron chi connectivity index (χ3n) is 6.51. The highest BCUT2D eigenvalue weighted by Crippen LogP contribution is 2.22. The number of carbonyl (C=O) groups excluding carboxylic acids is 1. The van der Waals surface area contributed by atoms with Crippen molar-refractivity contribution in [1.29, 1.82) is 0 Å². The molecule has 0 N–H and O–H groups in total. The molecule has 1 aliphatic rings. The van der Waals surface area contributed by atoms with Crippen LogP contribution in [0.15, 0.2) is 83.7 Å². The Labute approximate surface area is 204 Å². The van der Waals surface area contributed by atoms with Gasteiger partial charge in [0.15, 0.2) is 0 Å². The number of para-hydroxylation sites is 1. The van der Waals surface area contributed by atoms with Crippen molar-refractivity contribution in [3.63, 3.8) is 0 Å². The summed E-state index contributed by atoms with van der Waals surface area (Å²) in [6.07, 6.45) is 0.727. The largest absolute Gasteiger partial charge is 0.465 e. The molecule has 3 aromatic carbocycles. The Morgan fingerprint density at radius 2 is 1.54 bits per heavy atom. The molecule has 4 aromatic rings. The van der Waals surface area contributed by atoms with Gasteiger partial charge in [0.05, 0.1) is 23.6 Å². The zero-order chi connectivity index (χ0) is 24.2. The Kier molecular flexibility index (Phi) is 6.48. The van der Waals surface area contributed by atoms with Gasteiger partial charge in [0.2, 0.25) is 5.95 Å². The van der Waals surface area contributed by atoms with E-state index in [2.05, 4.69) is 34.1 Å². The van der Waals surface area contributed by atoms with Gasteiger partial charge in [0.1, 0.15) is 0 Å². The molecule has 1 aliphatic heterocycles. The number of methoxy groups -OCH3 is 1. The van der Waals surface area contributed by atoms with Crippen LogP contribution in [0.2, 0.25) is 0 Å². The van der Waals surface area contributed by atoms with Crippen molar-refractivity contribution >= 4 is 28.5 Å². The van der Waals surface area contributed by atoms with Crippen molar-refractivity contribution in [2.24, 2.45) is 0 Å². The molecule has 35 heavy (non-hydrogen) atoms. The number of hydrogen-bond acceptors (Lipinski definition) is 6. The fraction of sp³-hybridized carbons (Fsp3) is 0.250. The van der Waals surface area contributed by atoms with E-state index in [-0.39, 0.29) is 5.56 Å². The van der Waals surface area contributed by atoms with Crippen LogP contribution in [0, 0.1) is 0 Å². The van der Waals surface area contributed by atoms with Gasteiger partial charge in [0.25, 0.3) is 5.56 Å². The summed E-state index contributed by atoms with van der Waals surface area (Å²) in [7, 11) is 1.35. The molecule has 5 rings (SSSR count). The molecule has 2 heterocycles. The third kappa shape index (κ3) is 4.75. The molecule has 1 aromatic heterocycles. The maximum Gasteiger partial charge on any atom is 0.337 e. The average Bonchev–Trinajstić information content (AvgIpc) is 2.93. The molecule has 178 valence electrons. The van der Waals surface area contributed by atoms with Crippen LogP contribution >= 0.6 is 0 Å². The highest BCUT2D eigenvalue weighted by Gasteiger charge is 2.23. The van der Waals surface area contributed by atoms with E-state index in [0.29, 0.717) is 29.0 Å². The molecule has 1 fully saturated rings. The molecule has 7 nitrogen and oxygen atoms in total. The molecule has 0 atom stereocenters. The number of hydrogen-bond donors (Lipinski definition) is 0. The predicted octanol–water partition coefficient (Wildman–Crippen LogP) is 3.75. The van der Waals surface area contributed by atoms with Gasteiger partial charge in [-0.1, -0.05) is 48.5 Å². The van der Waals surface area contributed by atoms with Crippen molar-refractivity contribution in [2.45, 2.75) is 13.0 Å². The van der Waals surface area contributed by atoms with Crippen LogP contribution in [0.1, 0.15) is 15.9 Å². The summed E-state index contributed by atoms with van der Waals surface area (Å²) < 4.78 is 6.64. The van der Waals surface area contributed by atoms with E-state index in [0.717, 1.165) is 32.6 Å². The van der Waals surface area contributed by atoms with E-state index in [4.69, 9.17) is 9.72 Å². The van der Waals surface area contributed by atoms with Gasteiger partial charge >= 0.3 is 5.97 Å². The second-order valence-electron chi connectivity index (χ2n) is 8.64. The topological polar surface area (TPSA) is 67.7 Å². The third-order valence-corrected chi connectivity index (χ3v) is 6.51. The molecule has 0 aliphatic carbocycles. The molecule has 0 radical (unpaired) electrons. The van der Waals surface area contributed by atoms with Gasteiger partial charge in [-0.2, -0.15) is 0 Å². The van der Waals surface area contributed by atoms with Gasteiger partial charge < -0.3 is 14.5 Å². The molecule has 0 unspecified atom stereocenters. The highest BCUT2D eigenvalue weighted by molar-refractivity contribution is 5.94. The van der Waals surface area contributed by atoms with Crippen molar-refractivity contribution in [3.8, 4) is 0 Å². The van der Waals surface area contributed by atoms with Crippen LogP contribution in [-0.4, -0.2) is 48.8 Å². The monoisotopic (exact) mass is 468 g/mol. The second-order valence-corrected chi connectivity index (χ2v) is 8.64. The van der Waals surface area contributed by atoms with Crippen LogP contribution in [0.4, 0.5) is 11.6 Å². The Balaban J connectivity index is 1.50. The van der Waals surface area contributed by atoms with Crippen LogP contribution in [0.5, 0.6) is 0 Å². The Bertz CT molecular complexity index is 1380. The molecule has 0 saturated carbocycles. The standard InChI is InChI=1S/C28H28N4O3/c1-35-27(34)22-12-13-24-25(20-22)29-28(32(26(24)33)15-14-21-8-4-2-5-9-21)31-18-16-30(17-19-31)23-10-6-3-7-11-23/h2-13,20H,14-19H2,1H3. The van der Waals surface area contributed by atoms with Crippen LogP contribution < -0.4 is 15.4 Å². The van der Waals surface area contributed by atoms with Gasteiger partial charge in [-0.05, 0) is 42.3 Å². The Hall–Kier alpha value is -4.13. The fourth-order valence-corrected chi connectivity index (χ4v) is 4.59. The summed E-state index contributed by atoms with van der Waals surface area (Å²) >= 11 is 0. The van der Waals surface area contributed by atoms with Gasteiger partial charge in [-0.3, -0.25) is 9.36 Å². The van der Waals surface area contributed by atoms with Crippen molar-refractivity contribution in [2.75, 3.05) is 43.1 Å². The van der Waals surface area contributed by atoms with Gasteiger partial charge in [0, 0.05) is 38.4 Å². The summed E-state index contributed by atoms with van der Waals surface area (Å²) in [5, 5.41) is 0.498. The highest BCUT2D eigenvalue weighted by atomic mass is 16.5. The molecule has 0 amide bonds. The molecule has 1 saturated heterocycles. The molecule has 0 spiro atoms. The normalized spacial score (nSPS) is 13.7. The SMILES string of the molecule is COC(=O)c1ccc2c(=O)n(CCc3ccccc3)c(N3CCN(c4ccccc4)CC3)nc2c1. The van der Waals surface area contributed by atoms with Gasteiger partial charge in [-0.25, -0.2) is 9.78 Å². The minimum absolute atomic E-state index is 0.0946. The molecule has 7 heteroatoms. The van der Waals surface area contributed by atoms with Crippen LogP contribution in [0.25, 0.3) is 10.9 Å². The van der Waals surface area contributed by atoms with Crippen LogP contribution in [0.3, 0.4) is 0 Å². The number of rotatable bonds is 6. The predicted molar refractivity (Wildman–Crippen MR) is 138 cm³/mol. The van der Waals surface area contributed by atoms with E-state index in [1.54, 1.807) is 22.8 Å². The lowest BCUT2D eigenvalue weighted by atomic mass is 10.1. The van der Waals surface area contributed by atoms with E-state index in [1.165, 1.54) is 18.4 Å². The summed E-state index contributed by atoms with van der Waals surface area (Å²) in [6, 6.07) is 25.4. The number of carbonyl (C=O) groups is 1. The second kappa shape index (κ2) is 10.0. The lowest BCUT2D eigenvalue weighted by molar-refractivity contribution is 0.0601. The number of aromatic nitrogens is 2. The Morgan fingerprint density at radius 1 is 0.886 bits per heavy atom. The van der Waals surface area contributed by atoms with E-state index >= 15 is 0 Å². The van der Waals surface area contributed by atoms with Crippen molar-refractivity contribution in [1.82, 2.24) is 9.55 Å². The number of esters is 1. The summed E-state index contributed by atoms with van der Waals surface area (Å²) in [4.78, 5) is 35.1. The maximum atomic E-state index is 13.6. The molecular weight excluding hydrogens is 440 g/mol. The number of nitrogens with zero attached hydrogens (tertiary/aromatic N) is 4. The number of anilines is 2. The average molecular weight is 469 g/mol. The smallest absolute Gasteiger partial charge is 0.337 e.